The van der Waals surface area contributed by atoms with Gasteiger partial charge < -0.3 is 15.2 Å². The van der Waals surface area contributed by atoms with Crippen molar-refractivity contribution in [3.05, 3.63) is 0 Å². The molecule has 50 valence electrons. The molecule has 1 heterocycles. The van der Waals surface area contributed by atoms with Gasteiger partial charge in [-0.1, -0.05) is 0 Å². The Bertz CT molecular complexity index is 83.0. The first-order chi connectivity index (χ1) is 4.33. The Labute approximate surface area is 55.8 Å². The minimum atomic E-state index is -0.0650. The van der Waals surface area contributed by atoms with Crippen LogP contribution < -0.4 is 5.32 Å². The number of rotatable bonds is 1. The lowest BCUT2D eigenvalue weighted by Gasteiger charge is -2.26. The highest BCUT2D eigenvalue weighted by molar-refractivity contribution is 6.11. The van der Waals surface area contributed by atoms with E-state index < -0.39 is 0 Å². The summed E-state index contributed by atoms with van der Waals surface area (Å²) in [5, 5.41) is 11.5. The van der Waals surface area contributed by atoms with Crippen LogP contribution in [0, 0.1) is 0 Å². The third-order valence-electron chi connectivity index (χ3n) is 1.32. The van der Waals surface area contributed by atoms with Crippen molar-refractivity contribution in [2.45, 2.75) is 12.0 Å². The molecule has 1 saturated heterocycles. The maximum absolute atomic E-state index is 8.57. The molecule has 4 heteroatoms. The Hall–Kier alpha value is -0.0551. The van der Waals surface area contributed by atoms with Gasteiger partial charge in [-0.2, -0.15) is 0 Å². The van der Waals surface area contributed by atoms with E-state index in [0.717, 1.165) is 0 Å². The predicted octanol–water partition coefficient (Wildman–Crippen LogP) is -1.54. The second-order valence-electron chi connectivity index (χ2n) is 2.15. The van der Waals surface area contributed by atoms with E-state index in [2.05, 4.69) is 5.32 Å². The minimum Gasteiger partial charge on any atom is -0.394 e. The second kappa shape index (κ2) is 3.20. The smallest absolute Gasteiger partial charge is 0.0938 e. The molecular formula is C5H10BNO2. The van der Waals surface area contributed by atoms with E-state index in [4.69, 9.17) is 17.7 Å². The Kier molecular flexibility index (Phi) is 2.51. The topological polar surface area (TPSA) is 41.5 Å². The van der Waals surface area contributed by atoms with Crippen LogP contribution >= 0.6 is 0 Å². The molecule has 2 N–H and O–H groups in total. The summed E-state index contributed by atoms with van der Waals surface area (Å²) < 4.78 is 5.10. The van der Waals surface area contributed by atoms with E-state index in [1.807, 2.05) is 0 Å². The van der Waals surface area contributed by atoms with E-state index in [-0.39, 0.29) is 18.7 Å². The van der Waals surface area contributed by atoms with Crippen LogP contribution in [-0.2, 0) is 4.74 Å². The highest BCUT2D eigenvalue weighted by Gasteiger charge is 2.15. The molecule has 9 heavy (non-hydrogen) atoms. The highest BCUT2D eigenvalue weighted by Crippen LogP contribution is 1.96. The molecule has 2 atom stereocenters. The lowest BCUT2D eigenvalue weighted by atomic mass is 9.96. The van der Waals surface area contributed by atoms with Gasteiger partial charge in [0.2, 0.25) is 0 Å². The zero-order valence-corrected chi connectivity index (χ0v) is 5.21. The van der Waals surface area contributed by atoms with Crippen LogP contribution in [0.5, 0.6) is 0 Å². The Balaban J connectivity index is 2.18. The van der Waals surface area contributed by atoms with Crippen LogP contribution in [0.25, 0.3) is 0 Å². The maximum Gasteiger partial charge on any atom is 0.0938 e. The average molecular weight is 127 g/mol. The van der Waals surface area contributed by atoms with Crippen molar-refractivity contribution in [3.8, 4) is 0 Å². The van der Waals surface area contributed by atoms with E-state index in [1.54, 1.807) is 0 Å². The van der Waals surface area contributed by atoms with Crippen LogP contribution in [0.1, 0.15) is 0 Å². The number of nitrogens with one attached hydrogen (secondary N) is 1. The first-order valence-electron chi connectivity index (χ1n) is 3.04. The molecule has 1 rings (SSSR count). The third kappa shape index (κ3) is 1.97. The van der Waals surface area contributed by atoms with Crippen molar-refractivity contribution in [1.82, 2.24) is 5.32 Å². The van der Waals surface area contributed by atoms with Crippen molar-refractivity contribution >= 4 is 7.85 Å². The van der Waals surface area contributed by atoms with Crippen molar-refractivity contribution in [3.63, 3.8) is 0 Å². The van der Waals surface area contributed by atoms with Crippen molar-refractivity contribution in [2.75, 3.05) is 19.8 Å². The fraction of sp³-hybridized carbons (Fsp3) is 1.00. The maximum atomic E-state index is 8.57. The number of hydrogen-bond donors (Lipinski definition) is 2. The molecule has 1 aliphatic rings. The van der Waals surface area contributed by atoms with Crippen LogP contribution in [0.3, 0.4) is 0 Å². The Morgan fingerprint density at radius 1 is 1.78 bits per heavy atom. The lowest BCUT2D eigenvalue weighted by Crippen LogP contribution is -2.47. The molecule has 0 aromatic rings. The molecule has 0 saturated carbocycles. The van der Waals surface area contributed by atoms with Gasteiger partial charge in [-0.25, -0.2) is 0 Å². The molecule has 1 aliphatic heterocycles. The summed E-state index contributed by atoms with van der Waals surface area (Å²) in [7, 11) is 5.43. The molecule has 1 fully saturated rings. The molecule has 0 spiro atoms. The van der Waals surface area contributed by atoms with E-state index in [0.29, 0.717) is 13.2 Å². The summed E-state index contributed by atoms with van der Waals surface area (Å²) in [4.78, 5) is 0. The van der Waals surface area contributed by atoms with E-state index >= 15 is 0 Å². The quantitative estimate of drug-likeness (QED) is 0.419. The zero-order valence-electron chi connectivity index (χ0n) is 5.21. The van der Waals surface area contributed by atoms with Gasteiger partial charge in [0.15, 0.2) is 0 Å². The minimum absolute atomic E-state index is 0.0622. The van der Waals surface area contributed by atoms with Crippen LogP contribution in [0.15, 0.2) is 0 Å². The summed E-state index contributed by atoms with van der Waals surface area (Å²) in [6.45, 7) is 1.21. The number of aliphatic hydroxyl groups is 1. The molecule has 2 unspecified atom stereocenters. The van der Waals surface area contributed by atoms with Gasteiger partial charge in [-0.15, -0.1) is 0 Å². The number of hydrogen-bond acceptors (Lipinski definition) is 3. The van der Waals surface area contributed by atoms with Gasteiger partial charge in [0, 0.05) is 6.54 Å². The van der Waals surface area contributed by atoms with Crippen molar-refractivity contribution < 1.29 is 9.84 Å². The summed E-state index contributed by atoms with van der Waals surface area (Å²) in [6.07, 6.45) is -0.0650. The Morgan fingerprint density at radius 3 is 3.00 bits per heavy atom. The SMILES string of the molecule is [B]C1COC(CO)CN1. The Morgan fingerprint density at radius 2 is 2.56 bits per heavy atom. The fourth-order valence-corrected chi connectivity index (χ4v) is 0.758. The van der Waals surface area contributed by atoms with Gasteiger partial charge in [0.25, 0.3) is 0 Å². The molecule has 0 amide bonds. The fourth-order valence-electron chi connectivity index (χ4n) is 0.758. The van der Waals surface area contributed by atoms with Gasteiger partial charge in [-0.05, 0) is 5.94 Å². The molecule has 0 aromatic heterocycles. The van der Waals surface area contributed by atoms with Gasteiger partial charge >= 0.3 is 0 Å². The number of ether oxygens (including phenoxy) is 1. The monoisotopic (exact) mass is 127 g/mol. The molecule has 3 nitrogen and oxygen atoms in total. The summed E-state index contributed by atoms with van der Waals surface area (Å²) in [5.41, 5.74) is 0. The molecule has 0 aliphatic carbocycles. The average Bonchev–Trinajstić information content (AvgIpc) is 1.90. The molecule has 2 radical (unpaired) electrons. The summed E-state index contributed by atoms with van der Waals surface area (Å²) in [6, 6.07) is 0. The predicted molar refractivity (Wildman–Crippen MR) is 34.4 cm³/mol. The van der Waals surface area contributed by atoms with Crippen molar-refractivity contribution in [1.29, 1.82) is 0 Å². The summed E-state index contributed by atoms with van der Waals surface area (Å²) in [5.74, 6) is -0.0622. The number of aliphatic hydroxyl groups excluding tert-OH is 1. The standard InChI is InChI=1S/C5H10BNO2/c6-5-3-9-4(2-8)1-7-5/h4-5,7-8H,1-3H2. The van der Waals surface area contributed by atoms with Crippen molar-refractivity contribution in [2.24, 2.45) is 0 Å². The zero-order chi connectivity index (χ0) is 6.69. The van der Waals surface area contributed by atoms with Crippen LogP contribution in [0.2, 0.25) is 0 Å². The normalized spacial score (nSPS) is 36.6. The summed E-state index contributed by atoms with van der Waals surface area (Å²) >= 11 is 0. The highest BCUT2D eigenvalue weighted by atomic mass is 16.5. The third-order valence-corrected chi connectivity index (χ3v) is 1.32. The van der Waals surface area contributed by atoms with E-state index in [1.165, 1.54) is 0 Å². The first kappa shape index (κ1) is 7.06. The van der Waals surface area contributed by atoms with Gasteiger partial charge in [0.05, 0.1) is 27.2 Å². The number of morpholine rings is 1. The molecule has 0 aromatic carbocycles. The molecular weight excluding hydrogens is 117 g/mol. The van der Waals surface area contributed by atoms with Crippen LogP contribution in [0.4, 0.5) is 0 Å². The largest absolute Gasteiger partial charge is 0.394 e. The lowest BCUT2D eigenvalue weighted by molar-refractivity contribution is -0.0128. The second-order valence-corrected chi connectivity index (χ2v) is 2.15. The first-order valence-corrected chi connectivity index (χ1v) is 3.04. The molecule has 0 bridgehead atoms. The van der Waals surface area contributed by atoms with E-state index in [9.17, 15) is 0 Å². The van der Waals surface area contributed by atoms with Gasteiger partial charge in [-0.3, -0.25) is 0 Å². The van der Waals surface area contributed by atoms with Gasteiger partial charge in [0.1, 0.15) is 0 Å². The van der Waals surface area contributed by atoms with Crippen LogP contribution in [-0.4, -0.2) is 44.8 Å².